The summed E-state index contributed by atoms with van der Waals surface area (Å²) in [6.45, 7) is 6.77. The second-order valence-corrected chi connectivity index (χ2v) is 8.38. The number of amides is 2. The molecule has 0 aromatic heterocycles. The Morgan fingerprint density at radius 2 is 2.00 bits per heavy atom. The van der Waals surface area contributed by atoms with Gasteiger partial charge in [0, 0.05) is 50.4 Å². The van der Waals surface area contributed by atoms with E-state index >= 15 is 0 Å². The van der Waals surface area contributed by atoms with Gasteiger partial charge in [-0.15, -0.1) is 0 Å². The molecule has 3 atom stereocenters. The number of anilines is 1. The molecule has 2 fully saturated rings. The summed E-state index contributed by atoms with van der Waals surface area (Å²) in [5, 5.41) is 10.1. The Hall–Kier alpha value is -2.39. The van der Waals surface area contributed by atoms with Crippen LogP contribution in [-0.4, -0.2) is 78.1 Å². The summed E-state index contributed by atoms with van der Waals surface area (Å²) >= 11 is 5.48. The summed E-state index contributed by atoms with van der Waals surface area (Å²) in [7, 11) is 1.63. The van der Waals surface area contributed by atoms with E-state index < -0.39 is 0 Å². The number of hydrogen-bond acceptors (Lipinski definition) is 5. The number of thiocarbonyl (C=S) groups is 1. The van der Waals surface area contributed by atoms with Gasteiger partial charge in [0.15, 0.2) is 5.11 Å². The van der Waals surface area contributed by atoms with Gasteiger partial charge in [-0.05, 0) is 63.2 Å². The summed E-state index contributed by atoms with van der Waals surface area (Å²) in [6, 6.07) is 7.61. The molecule has 2 amide bonds. The van der Waals surface area contributed by atoms with Crippen LogP contribution in [0.1, 0.15) is 33.1 Å². The van der Waals surface area contributed by atoms with Crippen LogP contribution in [0, 0.1) is 0 Å². The highest BCUT2D eigenvalue weighted by Crippen LogP contribution is 2.26. The third kappa shape index (κ3) is 5.86. The smallest absolute Gasteiger partial charge is 0.237 e. The lowest BCUT2D eigenvalue weighted by molar-refractivity contribution is -0.132. The van der Waals surface area contributed by atoms with E-state index in [1.807, 2.05) is 43.0 Å². The van der Waals surface area contributed by atoms with Gasteiger partial charge in [0.1, 0.15) is 5.75 Å². The van der Waals surface area contributed by atoms with Gasteiger partial charge in [-0.1, -0.05) is 0 Å². The molecule has 0 radical (unpaired) electrons. The molecule has 0 bridgehead atoms. The molecule has 31 heavy (non-hydrogen) atoms. The standard InChI is InChI=1S/C22H33N5O3S/c1-4-26(5-2)20(28)11-8-17-13-23-21(29)19-12-16(14-27(17)19)25-22(31)24-15-6-9-18(30-3)10-7-15/h6-7,9-10,16-17,19H,4-5,8,11-14H2,1-3H3,(H,23,29)(H2,24,25,31). The zero-order valence-electron chi connectivity index (χ0n) is 18.5. The average molecular weight is 448 g/mol. The Labute approximate surface area is 189 Å². The number of hydrogen-bond donors (Lipinski definition) is 3. The number of fused-ring (bicyclic) bond motifs is 1. The zero-order chi connectivity index (χ0) is 22.4. The van der Waals surface area contributed by atoms with E-state index in [-0.39, 0.29) is 29.9 Å². The number of benzene rings is 1. The molecule has 2 aliphatic rings. The van der Waals surface area contributed by atoms with Gasteiger partial charge in [-0.25, -0.2) is 0 Å². The lowest BCUT2D eigenvalue weighted by Crippen LogP contribution is -2.58. The van der Waals surface area contributed by atoms with Crippen molar-refractivity contribution >= 4 is 34.8 Å². The van der Waals surface area contributed by atoms with Gasteiger partial charge in [0.05, 0.1) is 13.2 Å². The predicted octanol–water partition coefficient (Wildman–Crippen LogP) is 1.57. The zero-order valence-corrected chi connectivity index (χ0v) is 19.3. The van der Waals surface area contributed by atoms with Gasteiger partial charge in [0.2, 0.25) is 11.8 Å². The molecule has 2 heterocycles. The van der Waals surface area contributed by atoms with Crippen molar-refractivity contribution in [2.75, 3.05) is 38.6 Å². The predicted molar refractivity (Wildman–Crippen MR) is 125 cm³/mol. The van der Waals surface area contributed by atoms with Crippen molar-refractivity contribution in [1.29, 1.82) is 0 Å². The maximum atomic E-state index is 12.4. The molecule has 9 heteroatoms. The Morgan fingerprint density at radius 3 is 2.65 bits per heavy atom. The number of nitrogens with one attached hydrogen (secondary N) is 3. The van der Waals surface area contributed by atoms with E-state index in [2.05, 4.69) is 20.9 Å². The summed E-state index contributed by atoms with van der Waals surface area (Å²) in [5.74, 6) is 1.02. The SMILES string of the molecule is CCN(CC)C(=O)CCC1CNC(=O)C2CC(NC(=S)Nc3ccc(OC)cc3)CN12. The quantitative estimate of drug-likeness (QED) is 0.522. The summed E-state index contributed by atoms with van der Waals surface area (Å²) in [6.07, 6.45) is 1.94. The van der Waals surface area contributed by atoms with Gasteiger partial charge < -0.3 is 25.6 Å². The lowest BCUT2D eigenvalue weighted by atomic mass is 10.0. The van der Waals surface area contributed by atoms with Crippen LogP contribution in [-0.2, 0) is 9.59 Å². The number of ether oxygens (including phenoxy) is 1. The van der Waals surface area contributed by atoms with Gasteiger partial charge in [-0.2, -0.15) is 0 Å². The summed E-state index contributed by atoms with van der Waals surface area (Å²) in [5.41, 5.74) is 0.875. The first-order valence-corrected chi connectivity index (χ1v) is 11.4. The van der Waals surface area contributed by atoms with Gasteiger partial charge in [-0.3, -0.25) is 14.5 Å². The van der Waals surface area contributed by atoms with Crippen LogP contribution in [0.2, 0.25) is 0 Å². The molecule has 1 aromatic carbocycles. The van der Waals surface area contributed by atoms with Crippen LogP contribution >= 0.6 is 12.2 Å². The minimum atomic E-state index is -0.177. The average Bonchev–Trinajstić information content (AvgIpc) is 3.19. The number of piperazine rings is 1. The van der Waals surface area contributed by atoms with Crippen molar-refractivity contribution in [2.24, 2.45) is 0 Å². The fourth-order valence-corrected chi connectivity index (χ4v) is 4.68. The van der Waals surface area contributed by atoms with Crippen LogP contribution in [0.25, 0.3) is 0 Å². The van der Waals surface area contributed by atoms with Crippen molar-refractivity contribution in [3.63, 3.8) is 0 Å². The Balaban J connectivity index is 1.54. The molecule has 3 unspecified atom stereocenters. The topological polar surface area (TPSA) is 85.9 Å². The molecule has 1 aromatic rings. The maximum absolute atomic E-state index is 12.4. The highest BCUT2D eigenvalue weighted by molar-refractivity contribution is 7.80. The molecule has 3 N–H and O–H groups in total. The molecular formula is C22H33N5O3S. The third-order valence-corrected chi connectivity index (χ3v) is 6.33. The molecular weight excluding hydrogens is 414 g/mol. The van der Waals surface area contributed by atoms with Crippen molar-refractivity contribution in [3.8, 4) is 5.75 Å². The molecule has 0 saturated carbocycles. The fourth-order valence-electron chi connectivity index (χ4n) is 4.40. The molecule has 0 aliphatic carbocycles. The second kappa shape index (κ2) is 10.8. The molecule has 2 aliphatic heterocycles. The van der Waals surface area contributed by atoms with Gasteiger partial charge in [0.25, 0.3) is 0 Å². The molecule has 8 nitrogen and oxygen atoms in total. The van der Waals surface area contributed by atoms with Crippen LogP contribution in [0.5, 0.6) is 5.75 Å². The van der Waals surface area contributed by atoms with E-state index in [9.17, 15) is 9.59 Å². The van der Waals surface area contributed by atoms with Crippen LogP contribution < -0.4 is 20.7 Å². The summed E-state index contributed by atoms with van der Waals surface area (Å²) < 4.78 is 5.17. The number of methoxy groups -OCH3 is 1. The van der Waals surface area contributed by atoms with E-state index in [4.69, 9.17) is 17.0 Å². The Morgan fingerprint density at radius 1 is 1.29 bits per heavy atom. The van der Waals surface area contributed by atoms with E-state index in [0.29, 0.717) is 24.5 Å². The van der Waals surface area contributed by atoms with Gasteiger partial charge >= 0.3 is 0 Å². The fraction of sp³-hybridized carbons (Fsp3) is 0.591. The molecule has 170 valence electrons. The van der Waals surface area contributed by atoms with Crippen molar-refractivity contribution in [1.82, 2.24) is 20.4 Å². The number of nitrogens with zero attached hydrogens (tertiary/aromatic N) is 2. The second-order valence-electron chi connectivity index (χ2n) is 7.98. The Bertz CT molecular complexity index is 784. The largest absolute Gasteiger partial charge is 0.497 e. The molecule has 2 saturated heterocycles. The Kier molecular flexibility index (Phi) is 8.09. The van der Waals surface area contributed by atoms with E-state index in [1.54, 1.807) is 7.11 Å². The van der Waals surface area contributed by atoms with E-state index in [1.165, 1.54) is 0 Å². The highest BCUT2D eigenvalue weighted by Gasteiger charge is 2.43. The van der Waals surface area contributed by atoms with Crippen LogP contribution in [0.4, 0.5) is 5.69 Å². The van der Waals surface area contributed by atoms with Crippen molar-refractivity contribution < 1.29 is 14.3 Å². The number of carbonyl (C=O) groups excluding carboxylic acids is 2. The monoisotopic (exact) mass is 447 g/mol. The van der Waals surface area contributed by atoms with Crippen LogP contribution in [0.15, 0.2) is 24.3 Å². The normalized spacial score (nSPS) is 22.9. The molecule has 3 rings (SSSR count). The maximum Gasteiger partial charge on any atom is 0.237 e. The van der Waals surface area contributed by atoms with E-state index in [0.717, 1.165) is 37.5 Å². The van der Waals surface area contributed by atoms with Crippen molar-refractivity contribution in [3.05, 3.63) is 24.3 Å². The minimum Gasteiger partial charge on any atom is -0.497 e. The summed E-state index contributed by atoms with van der Waals surface area (Å²) in [4.78, 5) is 28.9. The number of carbonyl (C=O) groups is 2. The molecule has 0 spiro atoms. The van der Waals surface area contributed by atoms with Crippen molar-refractivity contribution in [2.45, 2.75) is 51.2 Å². The van der Waals surface area contributed by atoms with Crippen LogP contribution in [0.3, 0.4) is 0 Å². The number of rotatable bonds is 8. The minimum absolute atomic E-state index is 0.0599. The third-order valence-electron chi connectivity index (χ3n) is 6.11. The first-order chi connectivity index (χ1) is 14.9. The first kappa shape index (κ1) is 23.3. The highest BCUT2D eigenvalue weighted by atomic mass is 32.1. The first-order valence-electron chi connectivity index (χ1n) is 11.0. The lowest BCUT2D eigenvalue weighted by Gasteiger charge is -2.37.